The van der Waals surface area contributed by atoms with Gasteiger partial charge in [-0.25, -0.2) is 0 Å². The second kappa shape index (κ2) is 6.07. The van der Waals surface area contributed by atoms with Gasteiger partial charge in [0.2, 0.25) is 0 Å². The fourth-order valence-electron chi connectivity index (χ4n) is 2.21. The number of nitrogens with two attached hydrogens (primary N) is 1. The van der Waals surface area contributed by atoms with Gasteiger partial charge in [0.25, 0.3) is 5.91 Å². The van der Waals surface area contributed by atoms with Crippen molar-refractivity contribution in [3.05, 3.63) is 28.8 Å². The van der Waals surface area contributed by atoms with E-state index in [0.717, 1.165) is 25.2 Å². The van der Waals surface area contributed by atoms with Crippen molar-refractivity contribution >= 4 is 23.2 Å². The van der Waals surface area contributed by atoms with Crippen LogP contribution in [-0.2, 0) is 0 Å². The van der Waals surface area contributed by atoms with E-state index in [4.69, 9.17) is 17.3 Å². The summed E-state index contributed by atoms with van der Waals surface area (Å²) in [6.45, 7) is 1.95. The largest absolute Gasteiger partial charge is 0.380 e. The highest BCUT2D eigenvalue weighted by molar-refractivity contribution is 6.31. The smallest absolute Gasteiger partial charge is 0.250 e. The van der Waals surface area contributed by atoms with E-state index in [-0.39, 0.29) is 0 Å². The van der Waals surface area contributed by atoms with E-state index in [9.17, 15) is 4.79 Å². The minimum Gasteiger partial charge on any atom is -0.380 e. The maximum Gasteiger partial charge on any atom is 0.250 e. The number of hydrogen-bond acceptors (Lipinski definition) is 3. The highest BCUT2D eigenvalue weighted by atomic mass is 35.5. The summed E-state index contributed by atoms with van der Waals surface area (Å²) in [6, 6.07) is 5.41. The molecule has 4 N–H and O–H groups in total. The quantitative estimate of drug-likeness (QED) is 0.785. The number of anilines is 1. The summed E-state index contributed by atoms with van der Waals surface area (Å²) in [5, 5.41) is 7.33. The summed E-state index contributed by atoms with van der Waals surface area (Å²) in [5.74, 6) is -0.434. The van der Waals surface area contributed by atoms with Gasteiger partial charge in [-0.15, -0.1) is 0 Å². The van der Waals surface area contributed by atoms with Gasteiger partial charge in [0.1, 0.15) is 0 Å². The average molecular weight is 268 g/mol. The molecule has 1 amide bonds. The fraction of sp³-hybridized carbons (Fsp3) is 0.462. The highest BCUT2D eigenvalue weighted by Gasteiger charge is 2.15. The molecule has 1 aliphatic rings. The molecule has 1 aliphatic heterocycles. The summed E-state index contributed by atoms with van der Waals surface area (Å²) < 4.78 is 0. The van der Waals surface area contributed by atoms with E-state index in [0.29, 0.717) is 16.6 Å². The molecule has 5 heteroatoms. The van der Waals surface area contributed by atoms with Gasteiger partial charge in [0, 0.05) is 23.3 Å². The maximum absolute atomic E-state index is 11.4. The van der Waals surface area contributed by atoms with Gasteiger partial charge in [-0.3, -0.25) is 4.79 Å². The normalized spacial score (nSPS) is 20.2. The zero-order valence-electron chi connectivity index (χ0n) is 10.2. The van der Waals surface area contributed by atoms with Crippen LogP contribution in [0.2, 0.25) is 5.02 Å². The lowest BCUT2D eigenvalue weighted by Gasteiger charge is -2.19. The van der Waals surface area contributed by atoms with E-state index in [1.54, 1.807) is 18.2 Å². The van der Waals surface area contributed by atoms with Crippen LogP contribution in [0.1, 0.15) is 29.6 Å². The first kappa shape index (κ1) is 13.2. The lowest BCUT2D eigenvalue weighted by atomic mass is 10.1. The molecule has 1 heterocycles. The molecule has 0 saturated carbocycles. The first-order valence-electron chi connectivity index (χ1n) is 6.23. The second-order valence-corrected chi connectivity index (χ2v) is 5.03. The molecule has 1 aromatic carbocycles. The van der Waals surface area contributed by atoms with Crippen molar-refractivity contribution in [3.63, 3.8) is 0 Å². The molecular weight excluding hydrogens is 250 g/mol. The molecule has 98 valence electrons. The van der Waals surface area contributed by atoms with E-state index in [1.807, 2.05) is 0 Å². The number of halogens is 1. The zero-order chi connectivity index (χ0) is 13.0. The van der Waals surface area contributed by atoms with Crippen molar-refractivity contribution in [1.82, 2.24) is 5.32 Å². The Morgan fingerprint density at radius 2 is 2.28 bits per heavy atom. The molecule has 0 bridgehead atoms. The molecular formula is C13H18ClN3O. The van der Waals surface area contributed by atoms with Crippen LogP contribution in [0.4, 0.5) is 5.69 Å². The van der Waals surface area contributed by atoms with Crippen molar-refractivity contribution in [2.45, 2.75) is 25.3 Å². The molecule has 2 rings (SSSR count). The predicted molar refractivity (Wildman–Crippen MR) is 74.1 cm³/mol. The molecule has 1 fully saturated rings. The number of primary amides is 1. The molecule has 18 heavy (non-hydrogen) atoms. The Morgan fingerprint density at radius 3 is 3.06 bits per heavy atom. The third-order valence-corrected chi connectivity index (χ3v) is 3.39. The van der Waals surface area contributed by atoms with Crippen molar-refractivity contribution in [1.29, 1.82) is 0 Å². The monoisotopic (exact) mass is 267 g/mol. The van der Waals surface area contributed by atoms with Crippen molar-refractivity contribution in [3.8, 4) is 0 Å². The highest BCUT2D eigenvalue weighted by Crippen LogP contribution is 2.22. The number of rotatable bonds is 3. The van der Waals surface area contributed by atoms with Crippen LogP contribution in [-0.4, -0.2) is 25.0 Å². The number of benzene rings is 1. The van der Waals surface area contributed by atoms with Crippen LogP contribution < -0.4 is 16.4 Å². The summed E-state index contributed by atoms with van der Waals surface area (Å²) >= 11 is 5.96. The van der Waals surface area contributed by atoms with Gasteiger partial charge < -0.3 is 16.4 Å². The number of carbonyl (C=O) groups excluding carboxylic acids is 1. The first-order chi connectivity index (χ1) is 8.66. The molecule has 1 atom stereocenters. The zero-order valence-corrected chi connectivity index (χ0v) is 11.0. The Bertz CT molecular complexity index is 428. The van der Waals surface area contributed by atoms with Crippen LogP contribution >= 0.6 is 11.6 Å². The number of hydrogen-bond donors (Lipinski definition) is 3. The molecule has 1 aromatic rings. The van der Waals surface area contributed by atoms with Crippen LogP contribution in [0.3, 0.4) is 0 Å². The van der Waals surface area contributed by atoms with Gasteiger partial charge in [0.05, 0.1) is 5.56 Å². The van der Waals surface area contributed by atoms with E-state index in [1.165, 1.54) is 12.8 Å². The van der Waals surface area contributed by atoms with E-state index < -0.39 is 5.91 Å². The van der Waals surface area contributed by atoms with Gasteiger partial charge >= 0.3 is 0 Å². The van der Waals surface area contributed by atoms with E-state index in [2.05, 4.69) is 10.6 Å². The minimum absolute atomic E-state index is 0.309. The van der Waals surface area contributed by atoms with Crippen molar-refractivity contribution in [2.24, 2.45) is 5.73 Å². The molecule has 0 aromatic heterocycles. The molecule has 4 nitrogen and oxygen atoms in total. The summed E-state index contributed by atoms with van der Waals surface area (Å²) in [7, 11) is 0. The van der Waals surface area contributed by atoms with Gasteiger partial charge in [-0.1, -0.05) is 18.0 Å². The van der Waals surface area contributed by atoms with Crippen LogP contribution in [0, 0.1) is 0 Å². The third-order valence-electron chi connectivity index (χ3n) is 3.15. The Kier molecular flexibility index (Phi) is 4.44. The lowest BCUT2D eigenvalue weighted by Crippen LogP contribution is -2.31. The Labute approximate surface area is 112 Å². The Hall–Kier alpha value is -1.26. The number of amides is 1. The summed E-state index contributed by atoms with van der Waals surface area (Å²) in [5.41, 5.74) is 6.58. The average Bonchev–Trinajstić information content (AvgIpc) is 2.57. The minimum atomic E-state index is -0.434. The molecule has 0 spiro atoms. The number of carbonyl (C=O) groups is 1. The van der Waals surface area contributed by atoms with Gasteiger partial charge in [0.15, 0.2) is 0 Å². The molecule has 0 aliphatic carbocycles. The summed E-state index contributed by atoms with van der Waals surface area (Å²) in [6.07, 6.45) is 3.45. The van der Waals surface area contributed by atoms with Crippen LogP contribution in [0.5, 0.6) is 0 Å². The van der Waals surface area contributed by atoms with Crippen LogP contribution in [0.25, 0.3) is 0 Å². The topological polar surface area (TPSA) is 67.2 Å². The predicted octanol–water partition coefficient (Wildman–Crippen LogP) is 1.99. The number of nitrogens with one attached hydrogen (secondary N) is 2. The molecule has 1 unspecified atom stereocenters. The van der Waals surface area contributed by atoms with Gasteiger partial charge in [-0.2, -0.15) is 0 Å². The first-order valence-corrected chi connectivity index (χ1v) is 6.61. The van der Waals surface area contributed by atoms with Crippen molar-refractivity contribution < 1.29 is 4.79 Å². The van der Waals surface area contributed by atoms with Gasteiger partial charge in [-0.05, 0) is 37.6 Å². The SMILES string of the molecule is NC(=O)c1ccc(Cl)cc1NC1CCCCNC1. The summed E-state index contributed by atoms with van der Waals surface area (Å²) in [4.78, 5) is 11.4. The Balaban J connectivity index is 2.15. The third kappa shape index (κ3) is 3.37. The Morgan fingerprint density at radius 1 is 1.44 bits per heavy atom. The molecule has 1 saturated heterocycles. The van der Waals surface area contributed by atoms with E-state index >= 15 is 0 Å². The van der Waals surface area contributed by atoms with Crippen LogP contribution in [0.15, 0.2) is 18.2 Å². The molecule has 0 radical (unpaired) electrons. The fourth-order valence-corrected chi connectivity index (χ4v) is 2.39. The second-order valence-electron chi connectivity index (χ2n) is 4.60. The van der Waals surface area contributed by atoms with Crippen molar-refractivity contribution in [2.75, 3.05) is 18.4 Å². The lowest BCUT2D eigenvalue weighted by molar-refractivity contribution is 0.100. The maximum atomic E-state index is 11.4. The standard InChI is InChI=1S/C13H18ClN3O/c14-9-4-5-11(13(15)18)12(7-9)17-10-3-1-2-6-16-8-10/h4-5,7,10,16-17H,1-3,6,8H2,(H2,15,18).